The number of rotatable bonds is 5. The molecule has 2 fully saturated rings. The maximum Gasteiger partial charge on any atom is 0.252 e. The molecule has 0 N–H and O–H groups in total. The Labute approximate surface area is 179 Å². The lowest BCUT2D eigenvalue weighted by Crippen LogP contribution is -2.37. The number of amidine groups is 1. The van der Waals surface area contributed by atoms with E-state index in [0.717, 1.165) is 11.4 Å². The van der Waals surface area contributed by atoms with Crippen LogP contribution in [0.15, 0.2) is 53.5 Å². The Balaban J connectivity index is 1.61. The summed E-state index contributed by atoms with van der Waals surface area (Å²) in [6.45, 7) is 2.45. The van der Waals surface area contributed by atoms with Gasteiger partial charge in [0.2, 0.25) is 0 Å². The Kier molecular flexibility index (Phi) is 5.84. The average Bonchev–Trinajstić information content (AvgIpc) is 3.15. The van der Waals surface area contributed by atoms with Crippen molar-refractivity contribution >= 4 is 38.4 Å². The van der Waals surface area contributed by atoms with E-state index < -0.39 is 9.84 Å². The molecule has 4 rings (SSSR count). The zero-order valence-corrected chi connectivity index (χ0v) is 18.0. The number of amides is 1. The predicted octanol–water partition coefficient (Wildman–Crippen LogP) is 3.07. The van der Waals surface area contributed by atoms with Gasteiger partial charge in [0, 0.05) is 10.9 Å². The summed E-state index contributed by atoms with van der Waals surface area (Å²) in [5.41, 5.74) is 1.44. The number of carbonyl (C=O) groups excluding carboxylic acids is 1. The van der Waals surface area contributed by atoms with E-state index in [2.05, 4.69) is 4.99 Å². The van der Waals surface area contributed by atoms with Crippen LogP contribution < -0.4 is 9.64 Å². The standard InChI is InChI=1S/C21H21FN2O4S2/c1-2-28-17-9-7-16(8-10-17)24-18-12-30(26,27)13-19(18)29-21(24)23-20(25)11-14-3-5-15(22)6-4-14/h3-10,18-19H,2,11-13H2,1H3/t18-,19+/m0/s1. The molecule has 2 aliphatic rings. The highest BCUT2D eigenvalue weighted by atomic mass is 32.2. The third kappa shape index (κ3) is 4.52. The van der Waals surface area contributed by atoms with Gasteiger partial charge in [-0.15, -0.1) is 0 Å². The number of hydrogen-bond acceptors (Lipinski definition) is 5. The molecule has 2 aliphatic heterocycles. The minimum absolute atomic E-state index is 0.0308. The fourth-order valence-electron chi connectivity index (χ4n) is 3.66. The molecular formula is C21H21FN2O4S2. The second-order valence-electron chi connectivity index (χ2n) is 7.19. The van der Waals surface area contributed by atoms with Crippen LogP contribution in [0.25, 0.3) is 0 Å². The lowest BCUT2D eigenvalue weighted by molar-refractivity contribution is -0.117. The van der Waals surface area contributed by atoms with E-state index in [-0.39, 0.29) is 40.9 Å². The van der Waals surface area contributed by atoms with Crippen molar-refractivity contribution in [2.45, 2.75) is 24.6 Å². The van der Waals surface area contributed by atoms with Crippen molar-refractivity contribution < 1.29 is 22.3 Å². The summed E-state index contributed by atoms with van der Waals surface area (Å²) >= 11 is 1.33. The molecule has 1 amide bonds. The van der Waals surface area contributed by atoms with E-state index in [1.54, 1.807) is 12.1 Å². The van der Waals surface area contributed by atoms with Crippen molar-refractivity contribution in [1.29, 1.82) is 0 Å². The van der Waals surface area contributed by atoms with Gasteiger partial charge in [-0.05, 0) is 48.9 Å². The molecule has 0 aromatic heterocycles. The Morgan fingerprint density at radius 3 is 2.53 bits per heavy atom. The Hall–Kier alpha value is -2.39. The van der Waals surface area contributed by atoms with Crippen molar-refractivity contribution in [3.8, 4) is 5.75 Å². The van der Waals surface area contributed by atoms with Gasteiger partial charge in [0.05, 0.1) is 30.6 Å². The summed E-state index contributed by atoms with van der Waals surface area (Å²) in [6, 6.07) is 12.8. The molecule has 2 aromatic carbocycles. The maximum absolute atomic E-state index is 13.1. The Morgan fingerprint density at radius 2 is 1.87 bits per heavy atom. The number of fused-ring (bicyclic) bond motifs is 1. The van der Waals surface area contributed by atoms with Crippen LogP contribution in [0.1, 0.15) is 12.5 Å². The average molecular weight is 449 g/mol. The molecule has 2 atom stereocenters. The van der Waals surface area contributed by atoms with Gasteiger partial charge >= 0.3 is 0 Å². The van der Waals surface area contributed by atoms with Crippen molar-refractivity contribution in [3.05, 3.63) is 59.9 Å². The summed E-state index contributed by atoms with van der Waals surface area (Å²) < 4.78 is 42.9. The maximum atomic E-state index is 13.1. The summed E-state index contributed by atoms with van der Waals surface area (Å²) in [5.74, 6) is 0.0985. The van der Waals surface area contributed by atoms with E-state index in [4.69, 9.17) is 4.74 Å². The van der Waals surface area contributed by atoms with Crippen LogP contribution in [0.5, 0.6) is 5.75 Å². The lowest BCUT2D eigenvalue weighted by Gasteiger charge is -2.24. The molecule has 6 nitrogen and oxygen atoms in total. The zero-order valence-electron chi connectivity index (χ0n) is 16.3. The normalized spacial score (nSPS) is 23.5. The summed E-state index contributed by atoms with van der Waals surface area (Å²) in [4.78, 5) is 18.7. The predicted molar refractivity (Wildman–Crippen MR) is 116 cm³/mol. The van der Waals surface area contributed by atoms with Gasteiger partial charge in [0.1, 0.15) is 11.6 Å². The van der Waals surface area contributed by atoms with Crippen LogP contribution in [-0.2, 0) is 21.1 Å². The quantitative estimate of drug-likeness (QED) is 0.700. The van der Waals surface area contributed by atoms with E-state index >= 15 is 0 Å². The zero-order chi connectivity index (χ0) is 21.3. The van der Waals surface area contributed by atoms with Gasteiger partial charge in [-0.2, -0.15) is 4.99 Å². The van der Waals surface area contributed by atoms with Crippen LogP contribution in [0, 0.1) is 5.82 Å². The SMILES string of the molecule is CCOc1ccc(N2C(=NC(=O)Cc3ccc(F)cc3)S[C@@H]3CS(=O)(=O)C[C@@H]32)cc1. The number of halogens is 1. The molecule has 2 heterocycles. The lowest BCUT2D eigenvalue weighted by atomic mass is 10.1. The van der Waals surface area contributed by atoms with Crippen LogP contribution in [0.3, 0.4) is 0 Å². The van der Waals surface area contributed by atoms with E-state index in [1.165, 1.54) is 23.9 Å². The van der Waals surface area contributed by atoms with Gasteiger partial charge in [-0.3, -0.25) is 4.79 Å². The molecule has 158 valence electrons. The van der Waals surface area contributed by atoms with Crippen molar-refractivity contribution in [2.24, 2.45) is 4.99 Å². The summed E-state index contributed by atoms with van der Waals surface area (Å²) in [5, 5.41) is 0.329. The third-order valence-corrected chi connectivity index (χ3v) is 8.19. The van der Waals surface area contributed by atoms with Gasteiger partial charge in [0.15, 0.2) is 15.0 Å². The monoisotopic (exact) mass is 448 g/mol. The minimum atomic E-state index is -3.13. The first-order valence-electron chi connectivity index (χ1n) is 9.60. The van der Waals surface area contributed by atoms with Crippen molar-refractivity contribution in [1.82, 2.24) is 0 Å². The number of benzene rings is 2. The highest BCUT2D eigenvalue weighted by molar-refractivity contribution is 8.16. The molecule has 9 heteroatoms. The summed E-state index contributed by atoms with van der Waals surface area (Å²) in [6.07, 6.45) is 0.0507. The van der Waals surface area contributed by atoms with Gasteiger partial charge in [-0.25, -0.2) is 12.8 Å². The van der Waals surface area contributed by atoms with Gasteiger partial charge < -0.3 is 9.64 Å². The molecule has 0 radical (unpaired) electrons. The fourth-order valence-corrected chi connectivity index (χ4v) is 7.59. The van der Waals surface area contributed by atoms with Gasteiger partial charge in [0.25, 0.3) is 5.91 Å². The van der Waals surface area contributed by atoms with E-state index in [9.17, 15) is 17.6 Å². The number of sulfone groups is 1. The number of thioether (sulfide) groups is 1. The first-order chi connectivity index (χ1) is 14.3. The molecule has 30 heavy (non-hydrogen) atoms. The smallest absolute Gasteiger partial charge is 0.252 e. The second kappa shape index (κ2) is 8.39. The highest BCUT2D eigenvalue weighted by Crippen LogP contribution is 2.41. The van der Waals surface area contributed by atoms with E-state index in [1.807, 2.05) is 36.1 Å². The number of aliphatic imine (C=N–C) groups is 1. The topological polar surface area (TPSA) is 76.0 Å². The van der Waals surface area contributed by atoms with Crippen molar-refractivity contribution in [3.63, 3.8) is 0 Å². The third-order valence-electron chi connectivity index (χ3n) is 4.98. The van der Waals surface area contributed by atoms with Crippen LogP contribution in [0.2, 0.25) is 0 Å². The van der Waals surface area contributed by atoms with E-state index in [0.29, 0.717) is 17.3 Å². The van der Waals surface area contributed by atoms with Crippen molar-refractivity contribution in [2.75, 3.05) is 23.0 Å². The second-order valence-corrected chi connectivity index (χ2v) is 10.5. The first kappa shape index (κ1) is 20.9. The number of nitrogens with zero attached hydrogens (tertiary/aromatic N) is 2. The number of ether oxygens (including phenoxy) is 1. The van der Waals surface area contributed by atoms with Crippen LogP contribution in [-0.4, -0.2) is 48.9 Å². The van der Waals surface area contributed by atoms with Crippen LogP contribution >= 0.6 is 11.8 Å². The molecule has 0 spiro atoms. The summed E-state index contributed by atoms with van der Waals surface area (Å²) in [7, 11) is -3.13. The largest absolute Gasteiger partial charge is 0.494 e. The number of anilines is 1. The number of carbonyl (C=O) groups is 1. The first-order valence-corrected chi connectivity index (χ1v) is 12.3. The fraction of sp³-hybridized carbons (Fsp3) is 0.333. The minimum Gasteiger partial charge on any atom is -0.494 e. The van der Waals surface area contributed by atoms with Gasteiger partial charge in [-0.1, -0.05) is 23.9 Å². The molecule has 0 saturated carbocycles. The molecule has 0 aliphatic carbocycles. The molecular weight excluding hydrogens is 427 g/mol. The molecule has 2 saturated heterocycles. The molecule has 2 aromatic rings. The number of hydrogen-bond donors (Lipinski definition) is 0. The van der Waals surface area contributed by atoms with Crippen LogP contribution in [0.4, 0.5) is 10.1 Å². The molecule has 0 bridgehead atoms. The molecule has 0 unspecified atom stereocenters. The highest BCUT2D eigenvalue weighted by Gasteiger charge is 2.49. The Bertz CT molecular complexity index is 1070. The Morgan fingerprint density at radius 1 is 1.17 bits per heavy atom.